The van der Waals surface area contributed by atoms with Crippen LogP contribution in [-0.4, -0.2) is 26.2 Å². The molecular weight excluding hydrogens is 380 g/mol. The highest BCUT2D eigenvalue weighted by Crippen LogP contribution is 2.51. The number of fused-ring (bicyclic) bond motifs is 3. The summed E-state index contributed by atoms with van der Waals surface area (Å²) in [4.78, 5) is 22.8. The summed E-state index contributed by atoms with van der Waals surface area (Å²) in [5.74, 6) is -0.131. The molecule has 0 bridgehead atoms. The predicted molar refractivity (Wildman–Crippen MR) is 113 cm³/mol. The standard InChI is InChI=1S/C23H24N4O3/c1-15-6-8-19-21(12-15)22-13-18(27(29)30)7-9-20(22)23(19)16(10-11-28)4-3-5-17-14-26(2)25-24-17/h6-9,11-14,16,23H,3-5,10H2,1-2H3/i11D. The zero-order valence-electron chi connectivity index (χ0n) is 18.0. The van der Waals surface area contributed by atoms with Gasteiger partial charge in [0.05, 0.1) is 10.6 Å². The second-order valence-corrected chi connectivity index (χ2v) is 7.98. The summed E-state index contributed by atoms with van der Waals surface area (Å²) in [6.07, 6.45) is 3.75. The number of aldehydes is 1. The van der Waals surface area contributed by atoms with Gasteiger partial charge in [0.2, 0.25) is 0 Å². The van der Waals surface area contributed by atoms with Crippen molar-refractivity contribution in [3.05, 3.63) is 75.1 Å². The van der Waals surface area contributed by atoms with Gasteiger partial charge in [-0.1, -0.05) is 35.0 Å². The Morgan fingerprint density at radius 2 is 2.00 bits per heavy atom. The van der Waals surface area contributed by atoms with Crippen molar-refractivity contribution in [2.24, 2.45) is 13.0 Å². The normalized spacial score (nSPS) is 15.9. The Morgan fingerprint density at radius 1 is 1.27 bits per heavy atom. The van der Waals surface area contributed by atoms with Gasteiger partial charge in [0, 0.05) is 37.7 Å². The summed E-state index contributed by atoms with van der Waals surface area (Å²) in [7, 11) is 1.83. The molecule has 2 unspecified atom stereocenters. The highest BCUT2D eigenvalue weighted by molar-refractivity contribution is 5.81. The Bertz CT molecular complexity index is 1160. The quantitative estimate of drug-likeness (QED) is 0.315. The van der Waals surface area contributed by atoms with E-state index < -0.39 is 6.26 Å². The first-order valence-electron chi connectivity index (χ1n) is 10.6. The maximum absolute atomic E-state index is 11.8. The van der Waals surface area contributed by atoms with Crippen LogP contribution in [0.5, 0.6) is 0 Å². The molecule has 0 spiro atoms. The van der Waals surface area contributed by atoms with Crippen molar-refractivity contribution in [1.82, 2.24) is 15.0 Å². The molecule has 7 heteroatoms. The van der Waals surface area contributed by atoms with Crippen LogP contribution in [0.1, 0.15) is 48.9 Å². The van der Waals surface area contributed by atoms with E-state index in [2.05, 4.69) is 22.4 Å². The largest absolute Gasteiger partial charge is 0.303 e. The average Bonchev–Trinajstić information content (AvgIpc) is 3.27. The molecule has 2 aromatic carbocycles. The van der Waals surface area contributed by atoms with Crippen LogP contribution in [0, 0.1) is 23.0 Å². The molecule has 0 amide bonds. The first kappa shape index (κ1) is 18.7. The smallest absolute Gasteiger partial charge is 0.270 e. The van der Waals surface area contributed by atoms with Crippen molar-refractivity contribution in [3.63, 3.8) is 0 Å². The maximum atomic E-state index is 11.8. The molecule has 0 radical (unpaired) electrons. The predicted octanol–water partition coefficient (Wildman–Crippen LogP) is 4.37. The Hall–Kier alpha value is -3.35. The van der Waals surface area contributed by atoms with Crippen LogP contribution in [-0.2, 0) is 18.3 Å². The minimum absolute atomic E-state index is 0.0580. The Morgan fingerprint density at radius 3 is 2.67 bits per heavy atom. The molecule has 1 aromatic heterocycles. The van der Waals surface area contributed by atoms with E-state index >= 15 is 0 Å². The minimum atomic E-state index is -0.589. The SMILES string of the molecule is [2H]C(=O)CC(CCCc1cn(C)nn1)C1c2ccc(C)cc2-c2cc([N+](=O)[O-])ccc21. The summed E-state index contributed by atoms with van der Waals surface area (Å²) in [6, 6.07) is 11.1. The molecule has 3 aromatic rings. The molecule has 2 atom stereocenters. The highest BCUT2D eigenvalue weighted by atomic mass is 16.6. The van der Waals surface area contributed by atoms with Gasteiger partial charge in [0.15, 0.2) is 0 Å². The number of nitrogens with zero attached hydrogens (tertiary/aromatic N) is 4. The van der Waals surface area contributed by atoms with Gasteiger partial charge in [-0.3, -0.25) is 14.8 Å². The topological polar surface area (TPSA) is 90.9 Å². The molecule has 1 aliphatic carbocycles. The van der Waals surface area contributed by atoms with Crippen LogP contribution < -0.4 is 0 Å². The molecule has 1 heterocycles. The third kappa shape index (κ3) is 3.75. The monoisotopic (exact) mass is 405 g/mol. The average molecular weight is 405 g/mol. The van der Waals surface area contributed by atoms with Crippen molar-refractivity contribution in [2.75, 3.05) is 0 Å². The molecule has 4 rings (SSSR count). The number of aryl methyl sites for hydroxylation is 3. The molecule has 1 aliphatic rings. The van der Waals surface area contributed by atoms with E-state index in [0.29, 0.717) is 0 Å². The van der Waals surface area contributed by atoms with E-state index in [-0.39, 0.29) is 28.9 Å². The third-order valence-electron chi connectivity index (χ3n) is 5.89. The number of nitro benzene ring substituents is 1. The molecule has 0 fully saturated rings. The van der Waals surface area contributed by atoms with Crippen molar-refractivity contribution >= 4 is 11.9 Å². The number of nitro groups is 1. The Kier molecular flexibility index (Phi) is 5.09. The van der Waals surface area contributed by atoms with E-state index in [1.807, 2.05) is 32.3 Å². The highest BCUT2D eigenvalue weighted by Gasteiger charge is 2.35. The zero-order valence-corrected chi connectivity index (χ0v) is 17.0. The Labute approximate surface area is 176 Å². The molecule has 0 saturated carbocycles. The molecule has 0 saturated heterocycles. The molecule has 7 nitrogen and oxygen atoms in total. The van der Waals surface area contributed by atoms with Gasteiger partial charge in [0.1, 0.15) is 7.63 Å². The van der Waals surface area contributed by atoms with Gasteiger partial charge in [-0.25, -0.2) is 0 Å². The number of carbonyl (C=O) groups is 1. The third-order valence-corrected chi connectivity index (χ3v) is 5.89. The lowest BCUT2D eigenvalue weighted by Gasteiger charge is -2.24. The minimum Gasteiger partial charge on any atom is -0.303 e. The molecule has 30 heavy (non-hydrogen) atoms. The zero-order chi connectivity index (χ0) is 22.1. The van der Waals surface area contributed by atoms with Gasteiger partial charge in [-0.05, 0) is 54.4 Å². The van der Waals surface area contributed by atoms with Gasteiger partial charge in [0.25, 0.3) is 5.69 Å². The first-order valence-corrected chi connectivity index (χ1v) is 10.1. The van der Waals surface area contributed by atoms with Crippen molar-refractivity contribution < 1.29 is 11.1 Å². The number of aromatic nitrogens is 3. The van der Waals surface area contributed by atoms with Gasteiger partial charge in [-0.2, -0.15) is 0 Å². The number of rotatable bonds is 8. The summed E-state index contributed by atoms with van der Waals surface area (Å²) >= 11 is 0. The van der Waals surface area contributed by atoms with Crippen LogP contribution in [0.15, 0.2) is 42.6 Å². The second kappa shape index (κ2) is 8.18. The lowest BCUT2D eigenvalue weighted by atomic mass is 9.79. The summed E-state index contributed by atoms with van der Waals surface area (Å²) in [5, 5.41) is 19.4. The molecule has 0 aliphatic heterocycles. The number of hydrogen-bond donors (Lipinski definition) is 0. The van der Waals surface area contributed by atoms with Crippen LogP contribution >= 0.6 is 0 Å². The van der Waals surface area contributed by atoms with E-state index in [1.54, 1.807) is 10.7 Å². The number of carbonyl (C=O) groups excluding carboxylic acids is 1. The fourth-order valence-corrected chi connectivity index (χ4v) is 4.56. The van der Waals surface area contributed by atoms with Crippen LogP contribution in [0.4, 0.5) is 5.69 Å². The maximum Gasteiger partial charge on any atom is 0.270 e. The van der Waals surface area contributed by atoms with E-state index in [0.717, 1.165) is 52.8 Å². The van der Waals surface area contributed by atoms with Crippen molar-refractivity contribution in [3.8, 4) is 11.1 Å². The van der Waals surface area contributed by atoms with Crippen LogP contribution in [0.2, 0.25) is 0 Å². The first-order chi connectivity index (χ1) is 14.8. The molecular formula is C23H24N4O3. The second-order valence-electron chi connectivity index (χ2n) is 7.98. The summed E-state index contributed by atoms with van der Waals surface area (Å²) < 4.78 is 9.28. The van der Waals surface area contributed by atoms with Gasteiger partial charge in [-0.15, -0.1) is 5.10 Å². The fourth-order valence-electron chi connectivity index (χ4n) is 4.56. The van der Waals surface area contributed by atoms with E-state index in [1.165, 1.54) is 6.07 Å². The fraction of sp³-hybridized carbons (Fsp3) is 0.348. The van der Waals surface area contributed by atoms with Crippen molar-refractivity contribution in [1.29, 1.82) is 0 Å². The van der Waals surface area contributed by atoms with E-state index in [9.17, 15) is 14.9 Å². The Balaban J connectivity index is 1.69. The number of non-ortho nitro benzene ring substituents is 1. The van der Waals surface area contributed by atoms with Gasteiger partial charge >= 0.3 is 0 Å². The van der Waals surface area contributed by atoms with Crippen LogP contribution in [0.25, 0.3) is 11.1 Å². The van der Waals surface area contributed by atoms with Crippen molar-refractivity contribution in [2.45, 2.75) is 38.5 Å². The lowest BCUT2D eigenvalue weighted by Crippen LogP contribution is -2.14. The summed E-state index contributed by atoms with van der Waals surface area (Å²) in [6.45, 7) is 2.00. The van der Waals surface area contributed by atoms with Gasteiger partial charge < -0.3 is 4.79 Å². The number of benzene rings is 2. The van der Waals surface area contributed by atoms with E-state index in [4.69, 9.17) is 1.37 Å². The van der Waals surface area contributed by atoms with Crippen LogP contribution in [0.3, 0.4) is 0 Å². The molecule has 154 valence electrons. The summed E-state index contributed by atoms with van der Waals surface area (Å²) in [5.41, 5.74) is 5.95. The lowest BCUT2D eigenvalue weighted by molar-refractivity contribution is -0.384. The molecule has 0 N–H and O–H groups in total. The number of hydrogen-bond acceptors (Lipinski definition) is 5.